The second-order valence-electron chi connectivity index (χ2n) is 22.4. The maximum atomic E-state index is 15.2. The number of aryl methyl sites for hydroxylation is 1. The zero-order chi connectivity index (χ0) is 44.9. The minimum absolute atomic E-state index is 0.0140. The van der Waals surface area contributed by atoms with E-state index < -0.39 is 42.4 Å². The largest absolute Gasteiger partial charge is 0.481 e. The van der Waals surface area contributed by atoms with Crippen molar-refractivity contribution in [1.82, 2.24) is 4.98 Å². The van der Waals surface area contributed by atoms with Crippen molar-refractivity contribution in [2.75, 3.05) is 0 Å². The number of Topliss-reactive ketones (excluding diaryl/α,β-unsaturated/α-hetero) is 1. The summed E-state index contributed by atoms with van der Waals surface area (Å²) in [4.78, 5) is 32.3. The molecule has 0 radical (unpaired) electrons. The van der Waals surface area contributed by atoms with E-state index in [4.69, 9.17) is 18.3 Å². The number of carbonyl (C=O) groups is 2. The first-order chi connectivity index (χ1) is 26.2. The predicted molar refractivity (Wildman–Crippen MR) is 255 cm³/mol. The number of nitrogens with zero attached hydrogens (tertiary/aromatic N) is 1. The number of carbonyl (C=O) groups excluding carboxylic acids is 1. The predicted octanol–water partition coefficient (Wildman–Crippen LogP) is 14.4. The average Bonchev–Trinajstić information content (AvgIpc) is 3.43. The molecule has 11 heteroatoms. The van der Waals surface area contributed by atoms with Gasteiger partial charge < -0.3 is 18.4 Å². The van der Waals surface area contributed by atoms with Crippen molar-refractivity contribution in [3.8, 4) is 0 Å². The fourth-order valence-electron chi connectivity index (χ4n) is 7.28. The molecule has 7 nitrogen and oxygen atoms in total. The van der Waals surface area contributed by atoms with Gasteiger partial charge in [0.15, 0.2) is 25.0 Å². The molecule has 2 rings (SSSR count). The van der Waals surface area contributed by atoms with Crippen LogP contribution in [0.2, 0.25) is 54.4 Å². The zero-order valence-electron chi connectivity index (χ0n) is 40.8. The first kappa shape index (κ1) is 52.9. The second kappa shape index (κ2) is 20.3. The first-order valence-electron chi connectivity index (χ1n) is 22.3. The van der Waals surface area contributed by atoms with Crippen LogP contribution in [0.25, 0.3) is 6.08 Å². The highest BCUT2D eigenvalue weighted by Gasteiger charge is 2.57. The zero-order valence-corrected chi connectivity index (χ0v) is 44.6. The van der Waals surface area contributed by atoms with Crippen molar-refractivity contribution in [2.45, 2.75) is 227 Å². The van der Waals surface area contributed by atoms with E-state index in [2.05, 4.69) is 147 Å². The Morgan fingerprint density at radius 3 is 1.84 bits per heavy atom. The van der Waals surface area contributed by atoms with Crippen molar-refractivity contribution in [2.24, 2.45) is 17.3 Å². The number of hydrogen-bond acceptors (Lipinski definition) is 7. The fraction of sp³-hybridized carbons (Fsp3) is 0.809. The summed E-state index contributed by atoms with van der Waals surface area (Å²) in [6.07, 6.45) is 10.2. The summed E-state index contributed by atoms with van der Waals surface area (Å²) in [7, 11) is -6.69. The standard InChI is InChI=1S/C47H87NO6SSi3/c1-21-38(43(51)47(28-23-29-47)40(31-41(49)50)53-57(17,18)45(9,10)11)42(54-58(19,20)46(12,13)14)34(3)25-22-24-33(2)26-27-39(52-56(15,16)44(6,7)8)35(4)30-37-32-55-36(5)48-37/h26,30,32,34,38-40,42H,21-25,27-29,31H2,1-20H3,(H,49,50)/b33-26-,35-30+/t34-,38+,39-,40-,42-/m0/s1. The Kier molecular flexibility index (Phi) is 18.5. The maximum Gasteiger partial charge on any atom is 0.305 e. The van der Waals surface area contributed by atoms with Gasteiger partial charge in [0.05, 0.1) is 40.8 Å². The summed E-state index contributed by atoms with van der Waals surface area (Å²) in [5, 5.41) is 13.3. The van der Waals surface area contributed by atoms with Gasteiger partial charge in [-0.3, -0.25) is 9.59 Å². The fourth-order valence-corrected chi connectivity index (χ4v) is 12.0. The van der Waals surface area contributed by atoms with Crippen molar-refractivity contribution in [3.63, 3.8) is 0 Å². The molecule has 0 saturated heterocycles. The summed E-state index contributed by atoms with van der Waals surface area (Å²) < 4.78 is 21.3. The number of hydrogen-bond donors (Lipinski definition) is 1. The van der Waals surface area contributed by atoms with Gasteiger partial charge >= 0.3 is 5.97 Å². The molecule has 58 heavy (non-hydrogen) atoms. The van der Waals surface area contributed by atoms with Crippen LogP contribution in [0.3, 0.4) is 0 Å². The van der Waals surface area contributed by atoms with Gasteiger partial charge in [0.25, 0.3) is 0 Å². The number of rotatable bonds is 22. The van der Waals surface area contributed by atoms with E-state index in [1.54, 1.807) is 11.3 Å². The van der Waals surface area contributed by atoms with E-state index in [0.717, 1.165) is 42.8 Å². The Morgan fingerprint density at radius 2 is 1.41 bits per heavy atom. The minimum atomic E-state index is -2.37. The monoisotopic (exact) mass is 878 g/mol. The van der Waals surface area contributed by atoms with Crippen molar-refractivity contribution < 1.29 is 28.0 Å². The highest BCUT2D eigenvalue weighted by atomic mass is 32.1. The Bertz CT molecular complexity index is 1570. The highest BCUT2D eigenvalue weighted by molar-refractivity contribution is 7.09. The minimum Gasteiger partial charge on any atom is -0.481 e. The Hall–Kier alpha value is -1.22. The summed E-state index contributed by atoms with van der Waals surface area (Å²) in [5.41, 5.74) is 2.77. The number of carboxylic acid groups (broad SMARTS) is 1. The normalized spacial score (nSPS) is 19.0. The molecule has 1 aromatic rings. The molecule has 1 aliphatic rings. The molecule has 334 valence electrons. The molecule has 1 saturated carbocycles. The molecule has 5 atom stereocenters. The molecule has 1 fully saturated rings. The molecule has 1 heterocycles. The summed E-state index contributed by atoms with van der Waals surface area (Å²) in [6, 6.07) is 0. The van der Waals surface area contributed by atoms with E-state index in [0.29, 0.717) is 19.3 Å². The molecule has 0 aliphatic heterocycles. The third-order valence-electron chi connectivity index (χ3n) is 14.6. The maximum absolute atomic E-state index is 15.2. The van der Waals surface area contributed by atoms with Gasteiger partial charge in [-0.2, -0.15) is 0 Å². The number of aromatic nitrogens is 1. The number of allylic oxidation sites excluding steroid dienone is 1. The lowest BCUT2D eigenvalue weighted by molar-refractivity contribution is -0.156. The Labute approximate surface area is 363 Å². The molecule has 0 unspecified atom stereocenters. The number of ketones is 1. The first-order valence-corrected chi connectivity index (χ1v) is 31.9. The smallest absolute Gasteiger partial charge is 0.305 e. The van der Waals surface area contributed by atoms with Crippen molar-refractivity contribution in [1.29, 1.82) is 0 Å². The molecular formula is C47H87NO6SSi3. The van der Waals surface area contributed by atoms with Crippen LogP contribution in [-0.4, -0.2) is 65.1 Å². The van der Waals surface area contributed by atoms with Gasteiger partial charge in [-0.1, -0.05) is 94.2 Å². The summed E-state index contributed by atoms with van der Waals surface area (Å²) in [6.45, 7) is 44.6. The van der Waals surface area contributed by atoms with Crippen molar-refractivity contribution >= 4 is 54.1 Å². The molecule has 0 bridgehead atoms. The van der Waals surface area contributed by atoms with E-state index in [1.807, 2.05) is 6.92 Å². The Balaban J connectivity index is 2.41. The van der Waals surface area contributed by atoms with Gasteiger partial charge in [0.1, 0.15) is 5.78 Å². The lowest BCUT2D eigenvalue weighted by atomic mass is 9.58. The van der Waals surface area contributed by atoms with Gasteiger partial charge in [-0.05, 0) is 138 Å². The van der Waals surface area contributed by atoms with Crippen LogP contribution in [-0.2, 0) is 22.9 Å². The van der Waals surface area contributed by atoms with E-state index in [9.17, 15) is 9.90 Å². The molecule has 1 aromatic heterocycles. The van der Waals surface area contributed by atoms with Crippen LogP contribution >= 0.6 is 11.3 Å². The van der Waals surface area contributed by atoms with Crippen LogP contribution in [0.1, 0.15) is 158 Å². The quantitative estimate of drug-likeness (QED) is 0.0915. The van der Waals surface area contributed by atoms with Crippen LogP contribution in [0.4, 0.5) is 0 Å². The highest BCUT2D eigenvalue weighted by Crippen LogP contribution is 2.53. The number of aliphatic carboxylic acids is 1. The van der Waals surface area contributed by atoms with Crippen LogP contribution in [0.5, 0.6) is 0 Å². The molecular weight excluding hydrogens is 791 g/mol. The van der Waals surface area contributed by atoms with Gasteiger partial charge in [-0.25, -0.2) is 4.98 Å². The van der Waals surface area contributed by atoms with E-state index >= 15 is 4.79 Å². The van der Waals surface area contributed by atoms with Gasteiger partial charge in [0, 0.05) is 11.3 Å². The number of thiazole rings is 1. The van der Waals surface area contributed by atoms with Crippen LogP contribution in [0, 0.1) is 24.2 Å². The number of carboxylic acids is 1. The third kappa shape index (κ3) is 13.9. The second-order valence-corrected chi connectivity index (χ2v) is 37.7. The molecule has 1 N–H and O–H groups in total. The van der Waals surface area contributed by atoms with Crippen LogP contribution in [0.15, 0.2) is 22.6 Å². The van der Waals surface area contributed by atoms with Crippen molar-refractivity contribution in [3.05, 3.63) is 33.3 Å². The molecule has 0 amide bonds. The summed E-state index contributed by atoms with van der Waals surface area (Å²) in [5.74, 6) is -0.916. The molecule has 1 aliphatic carbocycles. The van der Waals surface area contributed by atoms with Crippen LogP contribution < -0.4 is 0 Å². The lowest BCUT2D eigenvalue weighted by Crippen LogP contribution is -2.59. The summed E-state index contributed by atoms with van der Waals surface area (Å²) >= 11 is 1.68. The van der Waals surface area contributed by atoms with E-state index in [1.165, 1.54) is 11.1 Å². The Morgan fingerprint density at radius 1 is 0.897 bits per heavy atom. The topological polar surface area (TPSA) is 95.0 Å². The SMILES string of the molecule is CC[C@@H](C(=O)C1([C@H](CC(=O)O)O[Si](C)(C)C(C)(C)C)CCC1)[C@@H](O[Si](C)(C)C(C)(C)C)[C@@H](C)CCC/C(C)=C\C[C@H](O[Si](C)(C)C(C)(C)C)/C(C)=C/c1csc(C)n1. The van der Waals surface area contributed by atoms with Gasteiger partial charge in [-0.15, -0.1) is 11.3 Å². The lowest BCUT2D eigenvalue weighted by Gasteiger charge is -2.52. The third-order valence-corrected chi connectivity index (χ3v) is 28.8. The molecule has 0 spiro atoms. The molecule has 0 aromatic carbocycles. The average molecular weight is 879 g/mol. The van der Waals surface area contributed by atoms with E-state index in [-0.39, 0.29) is 51.4 Å². The van der Waals surface area contributed by atoms with Gasteiger partial charge in [0.2, 0.25) is 0 Å².